The summed E-state index contributed by atoms with van der Waals surface area (Å²) in [5.74, 6) is 0. The molecule has 2 aromatic heterocycles. The molecule has 2 unspecified atom stereocenters. The number of nitrogens with zero attached hydrogens (tertiary/aromatic N) is 4. The summed E-state index contributed by atoms with van der Waals surface area (Å²) in [5, 5.41) is 0. The molecule has 2 aliphatic rings. The van der Waals surface area contributed by atoms with Crippen LogP contribution in [0.2, 0.25) is 0 Å². The number of piperidine rings is 1. The minimum absolute atomic E-state index is 0.516. The summed E-state index contributed by atoms with van der Waals surface area (Å²) in [4.78, 5) is 11.2. The number of nitrogen functional groups attached to an aromatic ring is 1. The Kier molecular flexibility index (Phi) is 3.15. The van der Waals surface area contributed by atoms with Gasteiger partial charge in [0.15, 0.2) is 0 Å². The van der Waals surface area contributed by atoms with E-state index in [1.807, 2.05) is 24.8 Å². The van der Waals surface area contributed by atoms with E-state index in [0.29, 0.717) is 12.1 Å². The van der Waals surface area contributed by atoms with Gasteiger partial charge in [-0.3, -0.25) is 9.88 Å². The zero-order valence-electron chi connectivity index (χ0n) is 12.2. The summed E-state index contributed by atoms with van der Waals surface area (Å²) in [5.41, 5.74) is 8.97. The summed E-state index contributed by atoms with van der Waals surface area (Å²) >= 11 is 0. The van der Waals surface area contributed by atoms with E-state index in [2.05, 4.69) is 19.4 Å². The van der Waals surface area contributed by atoms with Crippen molar-refractivity contribution in [1.82, 2.24) is 19.4 Å². The van der Waals surface area contributed by atoms with Crippen LogP contribution in [0.4, 0.5) is 5.69 Å². The van der Waals surface area contributed by atoms with Gasteiger partial charge in [0.1, 0.15) is 0 Å². The van der Waals surface area contributed by atoms with E-state index in [1.165, 1.54) is 38.8 Å². The van der Waals surface area contributed by atoms with Crippen LogP contribution in [0.25, 0.3) is 11.3 Å². The number of fused-ring (bicyclic) bond motifs is 1. The third kappa shape index (κ3) is 2.12. The Morgan fingerprint density at radius 1 is 1.05 bits per heavy atom. The van der Waals surface area contributed by atoms with Crippen LogP contribution in [0.15, 0.2) is 31.0 Å². The summed E-state index contributed by atoms with van der Waals surface area (Å²) < 4.78 is 2.32. The maximum Gasteiger partial charge on any atom is 0.0954 e. The average molecular weight is 283 g/mol. The normalized spacial score (nSPS) is 25.9. The van der Waals surface area contributed by atoms with E-state index < -0.39 is 0 Å². The van der Waals surface area contributed by atoms with Crippen LogP contribution >= 0.6 is 0 Å². The molecule has 0 aromatic carbocycles. The minimum Gasteiger partial charge on any atom is -0.398 e. The largest absolute Gasteiger partial charge is 0.398 e. The molecule has 5 heteroatoms. The lowest BCUT2D eigenvalue weighted by molar-refractivity contribution is 0.174. The van der Waals surface area contributed by atoms with Gasteiger partial charge in [0, 0.05) is 36.2 Å². The van der Waals surface area contributed by atoms with Gasteiger partial charge in [-0.1, -0.05) is 6.42 Å². The fraction of sp³-hybridized carbons (Fsp3) is 0.500. The summed E-state index contributed by atoms with van der Waals surface area (Å²) in [6, 6.07) is 3.03. The predicted molar refractivity (Wildman–Crippen MR) is 82.7 cm³/mol. The molecule has 0 spiro atoms. The number of rotatable bonds is 2. The highest BCUT2D eigenvalue weighted by Crippen LogP contribution is 2.38. The number of anilines is 1. The molecular weight excluding hydrogens is 262 g/mol. The highest BCUT2D eigenvalue weighted by molar-refractivity contribution is 5.72. The lowest BCUT2D eigenvalue weighted by atomic mass is 9.98. The zero-order chi connectivity index (χ0) is 14.2. The molecule has 2 aromatic rings. The Morgan fingerprint density at radius 2 is 2.00 bits per heavy atom. The number of imidazole rings is 1. The van der Waals surface area contributed by atoms with Gasteiger partial charge in [-0.05, 0) is 31.9 Å². The topological polar surface area (TPSA) is 60.0 Å². The molecule has 4 heterocycles. The monoisotopic (exact) mass is 283 g/mol. The Bertz CT molecular complexity index is 635. The third-order valence-corrected chi connectivity index (χ3v) is 4.97. The molecular formula is C16H21N5. The maximum atomic E-state index is 6.12. The van der Waals surface area contributed by atoms with Crippen molar-refractivity contribution in [3.63, 3.8) is 0 Å². The standard InChI is InChI=1S/C16H21N5/c17-13-4-6-18-9-12(13)16-10-19-11-21(16)15-5-8-20-7-2-1-3-14(15)20/h4,6,9-11,14-15H,1-3,5,7-8H2,(H2,17,18). The van der Waals surface area contributed by atoms with Crippen LogP contribution in [0.5, 0.6) is 0 Å². The number of hydrogen-bond donors (Lipinski definition) is 1. The number of aromatic nitrogens is 3. The quantitative estimate of drug-likeness (QED) is 0.919. The molecule has 110 valence electrons. The second kappa shape index (κ2) is 5.15. The fourth-order valence-corrected chi connectivity index (χ4v) is 3.94. The first-order valence-electron chi connectivity index (χ1n) is 7.80. The zero-order valence-corrected chi connectivity index (χ0v) is 12.2. The fourth-order valence-electron chi connectivity index (χ4n) is 3.94. The second-order valence-electron chi connectivity index (χ2n) is 6.10. The van der Waals surface area contributed by atoms with Crippen molar-refractivity contribution >= 4 is 5.69 Å². The van der Waals surface area contributed by atoms with E-state index in [1.54, 1.807) is 6.20 Å². The van der Waals surface area contributed by atoms with Crippen LogP contribution in [0.1, 0.15) is 31.7 Å². The van der Waals surface area contributed by atoms with Gasteiger partial charge in [-0.15, -0.1) is 0 Å². The Hall–Kier alpha value is -1.88. The van der Waals surface area contributed by atoms with Crippen LogP contribution in [0, 0.1) is 0 Å². The molecule has 2 saturated heterocycles. The van der Waals surface area contributed by atoms with Crippen molar-refractivity contribution in [3.8, 4) is 11.3 Å². The number of pyridine rings is 1. The average Bonchev–Trinajstić information content (AvgIpc) is 3.13. The Balaban J connectivity index is 1.71. The van der Waals surface area contributed by atoms with Crippen molar-refractivity contribution in [2.24, 2.45) is 0 Å². The SMILES string of the molecule is Nc1ccncc1-c1cncn1C1CCN2CCCCC12. The van der Waals surface area contributed by atoms with Crippen molar-refractivity contribution in [2.75, 3.05) is 18.8 Å². The molecule has 4 rings (SSSR count). The van der Waals surface area contributed by atoms with Gasteiger partial charge in [-0.2, -0.15) is 0 Å². The van der Waals surface area contributed by atoms with Gasteiger partial charge in [0.2, 0.25) is 0 Å². The van der Waals surface area contributed by atoms with Crippen LogP contribution in [-0.4, -0.2) is 38.6 Å². The van der Waals surface area contributed by atoms with Crippen molar-refractivity contribution in [3.05, 3.63) is 31.0 Å². The van der Waals surface area contributed by atoms with Gasteiger partial charge in [0.05, 0.1) is 24.3 Å². The van der Waals surface area contributed by atoms with Crippen LogP contribution in [0.3, 0.4) is 0 Å². The molecule has 2 atom stereocenters. The lowest BCUT2D eigenvalue weighted by Gasteiger charge is -2.33. The smallest absolute Gasteiger partial charge is 0.0954 e. The Morgan fingerprint density at radius 3 is 2.90 bits per heavy atom. The molecule has 5 nitrogen and oxygen atoms in total. The number of hydrogen-bond acceptors (Lipinski definition) is 4. The highest BCUT2D eigenvalue weighted by atomic mass is 15.2. The van der Waals surface area contributed by atoms with Crippen molar-refractivity contribution in [1.29, 1.82) is 0 Å². The van der Waals surface area contributed by atoms with E-state index >= 15 is 0 Å². The second-order valence-corrected chi connectivity index (χ2v) is 6.10. The first-order valence-corrected chi connectivity index (χ1v) is 7.80. The van der Waals surface area contributed by atoms with E-state index in [0.717, 1.165) is 16.9 Å². The van der Waals surface area contributed by atoms with Crippen molar-refractivity contribution in [2.45, 2.75) is 37.8 Å². The first kappa shape index (κ1) is 12.8. The van der Waals surface area contributed by atoms with Gasteiger partial charge >= 0.3 is 0 Å². The van der Waals surface area contributed by atoms with Gasteiger partial charge < -0.3 is 10.3 Å². The van der Waals surface area contributed by atoms with E-state index in [9.17, 15) is 0 Å². The number of nitrogens with two attached hydrogens (primary N) is 1. The summed E-state index contributed by atoms with van der Waals surface area (Å²) in [6.07, 6.45) is 12.6. The molecule has 2 N–H and O–H groups in total. The van der Waals surface area contributed by atoms with Crippen molar-refractivity contribution < 1.29 is 0 Å². The summed E-state index contributed by atoms with van der Waals surface area (Å²) in [7, 11) is 0. The molecule has 2 aliphatic heterocycles. The predicted octanol–water partition coefficient (Wildman–Crippen LogP) is 2.33. The van der Waals surface area contributed by atoms with Crippen LogP contribution < -0.4 is 5.73 Å². The van der Waals surface area contributed by atoms with E-state index in [4.69, 9.17) is 5.73 Å². The van der Waals surface area contributed by atoms with Gasteiger partial charge in [-0.25, -0.2) is 4.98 Å². The first-order chi connectivity index (χ1) is 10.3. The molecule has 0 radical (unpaired) electrons. The summed E-state index contributed by atoms with van der Waals surface area (Å²) in [6.45, 7) is 2.45. The molecule has 0 aliphatic carbocycles. The lowest BCUT2D eigenvalue weighted by Crippen LogP contribution is -2.37. The molecule has 2 fully saturated rings. The third-order valence-electron chi connectivity index (χ3n) is 4.97. The molecule has 0 saturated carbocycles. The van der Waals surface area contributed by atoms with Crippen LogP contribution in [-0.2, 0) is 0 Å². The minimum atomic E-state index is 0.516. The van der Waals surface area contributed by atoms with E-state index in [-0.39, 0.29) is 0 Å². The van der Waals surface area contributed by atoms with Gasteiger partial charge in [0.25, 0.3) is 0 Å². The highest BCUT2D eigenvalue weighted by Gasteiger charge is 2.37. The molecule has 0 amide bonds. The Labute approximate surface area is 124 Å². The molecule has 0 bridgehead atoms. The molecule has 21 heavy (non-hydrogen) atoms. The maximum absolute atomic E-state index is 6.12.